The van der Waals surface area contributed by atoms with Crippen molar-refractivity contribution < 1.29 is 35.4 Å². The Morgan fingerprint density at radius 2 is 1.26 bits per heavy atom. The molecule has 0 aliphatic carbocycles. The summed E-state index contributed by atoms with van der Waals surface area (Å²) in [4.78, 5) is 11.5. The number of carbonyl (C=O) groups is 1. The van der Waals surface area contributed by atoms with E-state index in [1.165, 1.54) is 11.1 Å². The first-order valence-electron chi connectivity index (χ1n) is 7.92. The van der Waals surface area contributed by atoms with E-state index in [1.54, 1.807) is 0 Å². The second kappa shape index (κ2) is 7.79. The minimum atomic E-state index is -6.09. The normalized spacial score (nSPS) is 16.3. The van der Waals surface area contributed by atoms with Crippen LogP contribution in [0.3, 0.4) is 0 Å². The monoisotopic (exact) mass is 401 g/mol. The first kappa shape index (κ1) is 21.1. The van der Waals surface area contributed by atoms with Crippen molar-refractivity contribution in [1.82, 2.24) is 0 Å². The molecule has 0 bridgehead atoms. The number of alkyl halides is 3. The Kier molecular flexibility index (Phi) is 6.08. The molecule has 0 atom stereocenters. The average molecular weight is 401 g/mol. The lowest BCUT2D eigenvalue weighted by atomic mass is 9.91. The van der Waals surface area contributed by atoms with Crippen LogP contribution < -0.4 is 0 Å². The molecule has 2 aromatic rings. The smallest absolute Gasteiger partial charge is 0.485 e. The molecule has 0 aromatic heterocycles. The van der Waals surface area contributed by atoms with Crippen molar-refractivity contribution in [3.05, 3.63) is 71.8 Å². The predicted molar refractivity (Wildman–Crippen MR) is 91.4 cm³/mol. The van der Waals surface area contributed by atoms with E-state index in [0.29, 0.717) is 18.9 Å². The Morgan fingerprint density at radius 1 is 0.926 bits per heavy atom. The van der Waals surface area contributed by atoms with E-state index in [-0.39, 0.29) is 6.04 Å². The number of carbonyl (C=O) groups excluding carboxylic acids is 1. The standard InChI is InChI=1S/C17H18NO.CHF3O3S/c1-18(12-16(19)13-18)17(14-8-4-2-5-9-14)15-10-6-3-7-11-15;2-1(3,4)8(5,6)7/h2-11,17H,12-13H2,1H3;(H,5,6,7)/q+1;/p-1. The van der Waals surface area contributed by atoms with Crippen molar-refractivity contribution in [1.29, 1.82) is 0 Å². The minimum absolute atomic E-state index is 0.250. The highest BCUT2D eigenvalue weighted by Crippen LogP contribution is 2.36. The Balaban J connectivity index is 0.000000279. The van der Waals surface area contributed by atoms with Crippen LogP contribution in [0, 0.1) is 0 Å². The molecule has 0 N–H and O–H groups in total. The van der Waals surface area contributed by atoms with Crippen LogP contribution in [0.25, 0.3) is 0 Å². The second-order valence-corrected chi connectivity index (χ2v) is 7.83. The molecule has 0 saturated carbocycles. The van der Waals surface area contributed by atoms with Crippen molar-refractivity contribution in [2.24, 2.45) is 0 Å². The van der Waals surface area contributed by atoms with Crippen molar-refractivity contribution in [3.8, 4) is 0 Å². The van der Waals surface area contributed by atoms with Crippen LogP contribution in [-0.2, 0) is 14.9 Å². The maximum absolute atomic E-state index is 11.5. The predicted octanol–water partition coefficient (Wildman–Crippen LogP) is 2.86. The lowest BCUT2D eigenvalue weighted by Gasteiger charge is -2.46. The third-order valence-corrected chi connectivity index (χ3v) is 4.78. The van der Waals surface area contributed by atoms with Crippen LogP contribution in [0.1, 0.15) is 17.2 Å². The van der Waals surface area contributed by atoms with Crippen LogP contribution in [0.4, 0.5) is 13.2 Å². The maximum Gasteiger partial charge on any atom is 0.485 e. The number of hydrogen-bond donors (Lipinski definition) is 0. The summed E-state index contributed by atoms with van der Waals surface area (Å²) in [6.07, 6.45) is 0. The number of hydrogen-bond acceptors (Lipinski definition) is 4. The van der Waals surface area contributed by atoms with Crippen molar-refractivity contribution in [3.63, 3.8) is 0 Å². The average Bonchev–Trinajstić information content (AvgIpc) is 2.54. The van der Waals surface area contributed by atoms with E-state index in [4.69, 9.17) is 13.0 Å². The molecule has 146 valence electrons. The maximum atomic E-state index is 11.5. The largest absolute Gasteiger partial charge is 0.741 e. The van der Waals surface area contributed by atoms with Gasteiger partial charge in [-0.15, -0.1) is 0 Å². The Labute approximate surface area is 155 Å². The Morgan fingerprint density at radius 3 is 1.52 bits per heavy atom. The van der Waals surface area contributed by atoms with Gasteiger partial charge in [-0.1, -0.05) is 60.7 Å². The van der Waals surface area contributed by atoms with Gasteiger partial charge in [0.25, 0.3) is 0 Å². The molecule has 1 fully saturated rings. The number of nitrogens with zero attached hydrogens (tertiary/aromatic N) is 1. The number of ketones is 1. The Hall–Kier alpha value is -2.23. The van der Waals surface area contributed by atoms with Gasteiger partial charge in [-0.2, -0.15) is 13.2 Å². The van der Waals surface area contributed by atoms with Gasteiger partial charge in [-0.25, -0.2) is 8.42 Å². The molecule has 9 heteroatoms. The van der Waals surface area contributed by atoms with Gasteiger partial charge in [0.05, 0.1) is 7.05 Å². The zero-order valence-corrected chi connectivity index (χ0v) is 15.2. The van der Waals surface area contributed by atoms with Gasteiger partial charge >= 0.3 is 5.51 Å². The molecular weight excluding hydrogens is 383 g/mol. The second-order valence-electron chi connectivity index (χ2n) is 6.46. The lowest BCUT2D eigenvalue weighted by Crippen LogP contribution is -2.63. The molecule has 0 radical (unpaired) electrons. The van der Waals surface area contributed by atoms with Crippen molar-refractivity contribution in [2.45, 2.75) is 11.6 Å². The van der Waals surface area contributed by atoms with Gasteiger partial charge in [-0.3, -0.25) is 4.79 Å². The molecule has 27 heavy (non-hydrogen) atoms. The number of benzene rings is 2. The highest BCUT2D eigenvalue weighted by Gasteiger charge is 2.46. The highest BCUT2D eigenvalue weighted by atomic mass is 32.2. The number of rotatable bonds is 3. The molecule has 0 unspecified atom stereocenters. The van der Waals surface area contributed by atoms with Crippen molar-refractivity contribution in [2.75, 3.05) is 20.1 Å². The fourth-order valence-corrected chi connectivity index (χ4v) is 3.12. The van der Waals surface area contributed by atoms with Crippen LogP contribution in [0.2, 0.25) is 0 Å². The summed E-state index contributed by atoms with van der Waals surface area (Å²) >= 11 is 0. The van der Waals surface area contributed by atoms with Crippen molar-refractivity contribution >= 4 is 15.9 Å². The van der Waals surface area contributed by atoms with E-state index in [2.05, 4.69) is 55.6 Å². The van der Waals surface area contributed by atoms with Crippen LogP contribution in [-0.4, -0.2) is 48.9 Å². The molecule has 0 amide bonds. The van der Waals surface area contributed by atoms with E-state index >= 15 is 0 Å². The van der Waals surface area contributed by atoms with E-state index in [1.807, 2.05) is 12.1 Å². The third kappa shape index (κ3) is 5.15. The lowest BCUT2D eigenvalue weighted by molar-refractivity contribution is -0.940. The number of likely N-dealkylation sites (tertiary alicyclic amines) is 1. The van der Waals surface area contributed by atoms with E-state index in [9.17, 15) is 18.0 Å². The minimum Gasteiger partial charge on any atom is -0.741 e. The summed E-state index contributed by atoms with van der Waals surface area (Å²) in [7, 11) is -3.92. The quantitative estimate of drug-likeness (QED) is 0.450. The van der Waals surface area contributed by atoms with Crippen LogP contribution in [0.5, 0.6) is 0 Å². The summed E-state index contributed by atoms with van der Waals surface area (Å²) in [5.74, 6) is 0.361. The summed E-state index contributed by atoms with van der Waals surface area (Å²) < 4.78 is 59.7. The highest BCUT2D eigenvalue weighted by molar-refractivity contribution is 7.86. The number of Topliss-reactive ketones (excluding diaryl/α,β-unsaturated/α-hetero) is 1. The van der Waals surface area contributed by atoms with Gasteiger partial charge in [-0.05, 0) is 0 Å². The van der Waals surface area contributed by atoms with Crippen LogP contribution in [0.15, 0.2) is 60.7 Å². The fraction of sp³-hybridized carbons (Fsp3) is 0.278. The van der Waals surface area contributed by atoms with Gasteiger partial charge in [0.1, 0.15) is 19.1 Å². The molecule has 0 spiro atoms. The molecule has 3 rings (SSSR count). The molecular formula is C18H18F3NO4S. The molecule has 1 aliphatic heterocycles. The number of halogens is 3. The first-order valence-corrected chi connectivity index (χ1v) is 9.33. The first-order chi connectivity index (χ1) is 12.4. The number of likely N-dealkylation sites (N-methyl/N-ethyl adjacent to an activating group) is 1. The zero-order chi connectivity index (χ0) is 20.3. The van der Waals surface area contributed by atoms with Gasteiger partial charge in [0.15, 0.2) is 10.1 Å². The van der Waals surface area contributed by atoms with Gasteiger partial charge in [0.2, 0.25) is 5.78 Å². The molecule has 1 heterocycles. The summed E-state index contributed by atoms with van der Waals surface area (Å²) in [5, 5.41) is 0. The molecule has 1 saturated heterocycles. The van der Waals surface area contributed by atoms with E-state index in [0.717, 1.165) is 4.48 Å². The van der Waals surface area contributed by atoms with E-state index < -0.39 is 15.6 Å². The molecule has 5 nitrogen and oxygen atoms in total. The SMILES string of the molecule is C[N+]1(C(c2ccccc2)c2ccccc2)CC(=O)C1.O=S(=O)([O-])C(F)(F)F. The molecule has 2 aromatic carbocycles. The number of quaternary nitrogens is 1. The van der Waals surface area contributed by atoms with Gasteiger partial charge < -0.3 is 9.04 Å². The fourth-order valence-electron chi connectivity index (χ4n) is 3.12. The molecule has 1 aliphatic rings. The topological polar surface area (TPSA) is 74.3 Å². The third-order valence-electron chi connectivity index (χ3n) is 4.21. The summed E-state index contributed by atoms with van der Waals surface area (Å²) in [6.45, 7) is 1.27. The Bertz CT molecular complexity index is 836. The zero-order valence-electron chi connectivity index (χ0n) is 14.4. The van der Waals surface area contributed by atoms with Gasteiger partial charge in [0, 0.05) is 11.1 Å². The summed E-state index contributed by atoms with van der Waals surface area (Å²) in [5.41, 5.74) is -3.08. The summed E-state index contributed by atoms with van der Waals surface area (Å²) in [6, 6.07) is 21.2. The van der Waals surface area contributed by atoms with Crippen LogP contribution >= 0.6 is 0 Å².